The summed E-state index contributed by atoms with van der Waals surface area (Å²) in [5.41, 5.74) is 1.68. The number of thioether (sulfide) groups is 1. The highest BCUT2D eigenvalue weighted by atomic mass is 32.2. The molecular weight excluding hydrogens is 430 g/mol. The molecule has 1 aromatic heterocycles. The third-order valence-electron chi connectivity index (χ3n) is 4.50. The number of nitrogens with zero attached hydrogens (tertiary/aromatic N) is 2. The second-order valence-corrected chi connectivity index (χ2v) is 10.4. The molecule has 0 spiro atoms. The molecule has 0 radical (unpaired) electrons. The van der Waals surface area contributed by atoms with Gasteiger partial charge in [0.15, 0.2) is 5.79 Å². The van der Waals surface area contributed by atoms with Crippen LogP contribution in [-0.2, 0) is 16.6 Å². The fraction of sp³-hybridized carbons (Fsp3) is 0.350. The molecule has 1 aliphatic heterocycles. The molecule has 1 aliphatic rings. The van der Waals surface area contributed by atoms with Crippen molar-refractivity contribution in [3.05, 3.63) is 70.6 Å². The van der Waals surface area contributed by atoms with Crippen LogP contribution in [0.5, 0.6) is 0 Å². The van der Waals surface area contributed by atoms with Gasteiger partial charge in [0.2, 0.25) is 10.0 Å². The number of halogens is 2. The standard InChI is InChI=1S/C20H24F2N4O2S2/c1-13(2)18-19(29-17-10-15(21)9-16(22)11-17)26(12-14-5-7-23-8-6-14)20(3,24-18)25-30(4,27)28/h5-11,13,24-25H,12H2,1-4H3. The minimum atomic E-state index is -3.57. The summed E-state index contributed by atoms with van der Waals surface area (Å²) in [5, 5.41) is 3.97. The molecule has 0 saturated carbocycles. The van der Waals surface area contributed by atoms with Crippen LogP contribution in [-0.4, -0.2) is 30.3 Å². The highest BCUT2D eigenvalue weighted by molar-refractivity contribution is 8.03. The normalized spacial score (nSPS) is 19.5. The van der Waals surface area contributed by atoms with Crippen LogP contribution in [0, 0.1) is 17.6 Å². The first-order valence-corrected chi connectivity index (χ1v) is 12.0. The summed E-state index contributed by atoms with van der Waals surface area (Å²) in [6, 6.07) is 6.99. The molecule has 30 heavy (non-hydrogen) atoms. The van der Waals surface area contributed by atoms with E-state index in [9.17, 15) is 17.2 Å². The molecule has 2 aromatic rings. The smallest absolute Gasteiger partial charge is 0.212 e. The van der Waals surface area contributed by atoms with Gasteiger partial charge in [-0.3, -0.25) is 4.98 Å². The van der Waals surface area contributed by atoms with Crippen molar-refractivity contribution in [2.45, 2.75) is 38.0 Å². The Labute approximate surface area is 179 Å². The molecule has 10 heteroatoms. The van der Waals surface area contributed by atoms with Gasteiger partial charge in [-0.15, -0.1) is 0 Å². The van der Waals surface area contributed by atoms with Gasteiger partial charge in [0.05, 0.1) is 11.3 Å². The number of aromatic nitrogens is 1. The molecule has 0 fully saturated rings. The average Bonchev–Trinajstić information content (AvgIpc) is 2.86. The van der Waals surface area contributed by atoms with Gasteiger partial charge in [-0.2, -0.15) is 4.72 Å². The number of pyridine rings is 1. The minimum absolute atomic E-state index is 0.00836. The van der Waals surface area contributed by atoms with Crippen LogP contribution in [0.4, 0.5) is 8.78 Å². The molecule has 0 saturated heterocycles. The van der Waals surface area contributed by atoms with Crippen LogP contribution >= 0.6 is 11.8 Å². The van der Waals surface area contributed by atoms with E-state index in [1.165, 1.54) is 23.9 Å². The van der Waals surface area contributed by atoms with Gasteiger partial charge >= 0.3 is 0 Å². The molecule has 0 bridgehead atoms. The highest BCUT2D eigenvalue weighted by Crippen LogP contribution is 2.42. The number of sulfonamides is 1. The van der Waals surface area contributed by atoms with E-state index in [1.807, 2.05) is 30.9 Å². The Balaban J connectivity index is 2.07. The van der Waals surface area contributed by atoms with E-state index >= 15 is 0 Å². The van der Waals surface area contributed by atoms with Crippen molar-refractivity contribution in [1.82, 2.24) is 19.9 Å². The van der Waals surface area contributed by atoms with E-state index in [0.29, 0.717) is 16.5 Å². The minimum Gasteiger partial charge on any atom is -0.351 e. The zero-order valence-electron chi connectivity index (χ0n) is 17.1. The van der Waals surface area contributed by atoms with E-state index in [-0.39, 0.29) is 5.92 Å². The van der Waals surface area contributed by atoms with Crippen LogP contribution in [0.1, 0.15) is 26.3 Å². The van der Waals surface area contributed by atoms with Crippen LogP contribution < -0.4 is 10.0 Å². The number of rotatable bonds is 7. The third kappa shape index (κ3) is 5.30. The van der Waals surface area contributed by atoms with E-state index in [1.54, 1.807) is 19.3 Å². The van der Waals surface area contributed by atoms with Gasteiger partial charge in [0, 0.05) is 35.6 Å². The van der Waals surface area contributed by atoms with E-state index < -0.39 is 27.4 Å². The second kappa shape index (κ2) is 8.52. The number of allylic oxidation sites excluding steroid dienone is 1. The van der Waals surface area contributed by atoms with E-state index in [0.717, 1.165) is 23.6 Å². The highest BCUT2D eigenvalue weighted by Gasteiger charge is 2.44. The van der Waals surface area contributed by atoms with E-state index in [4.69, 9.17) is 0 Å². The SMILES string of the molecule is CC(C)C1=C(Sc2cc(F)cc(F)c2)N(Cc2ccncc2)C(C)(NS(C)(=O)=O)N1. The quantitative estimate of drug-likeness (QED) is 0.666. The first-order valence-electron chi connectivity index (χ1n) is 9.28. The zero-order chi connectivity index (χ0) is 22.1. The Bertz CT molecular complexity index is 1040. The maximum atomic E-state index is 13.8. The molecule has 6 nitrogen and oxygen atoms in total. The lowest BCUT2D eigenvalue weighted by atomic mass is 10.1. The molecule has 1 unspecified atom stereocenters. The summed E-state index contributed by atoms with van der Waals surface area (Å²) in [6.07, 6.45) is 4.40. The summed E-state index contributed by atoms with van der Waals surface area (Å²) in [4.78, 5) is 6.25. The number of hydrogen-bond donors (Lipinski definition) is 2. The van der Waals surface area contributed by atoms with Crippen LogP contribution in [0.25, 0.3) is 0 Å². The number of benzene rings is 1. The lowest BCUT2D eigenvalue weighted by Gasteiger charge is -2.38. The lowest BCUT2D eigenvalue weighted by molar-refractivity contribution is 0.136. The molecular formula is C20H24F2N4O2S2. The summed E-state index contributed by atoms with van der Waals surface area (Å²) < 4.78 is 54.4. The van der Waals surface area contributed by atoms with Crippen molar-refractivity contribution in [3.8, 4) is 0 Å². The van der Waals surface area contributed by atoms with Crippen molar-refractivity contribution in [1.29, 1.82) is 0 Å². The van der Waals surface area contributed by atoms with E-state index in [2.05, 4.69) is 15.0 Å². The van der Waals surface area contributed by atoms with Gasteiger partial charge in [0.1, 0.15) is 11.6 Å². The Hall–Kier alpha value is -2.17. The predicted molar refractivity (Wildman–Crippen MR) is 113 cm³/mol. The number of nitrogens with one attached hydrogen (secondary N) is 2. The van der Waals surface area contributed by atoms with Crippen molar-refractivity contribution in [3.63, 3.8) is 0 Å². The van der Waals surface area contributed by atoms with Gasteiger partial charge in [-0.25, -0.2) is 17.2 Å². The molecule has 1 atom stereocenters. The first-order chi connectivity index (χ1) is 14.0. The van der Waals surface area contributed by atoms with Crippen molar-refractivity contribution in [2.24, 2.45) is 5.92 Å². The summed E-state index contributed by atoms with van der Waals surface area (Å²) >= 11 is 1.18. The third-order valence-corrected chi connectivity index (χ3v) is 6.37. The lowest BCUT2D eigenvalue weighted by Crippen LogP contribution is -2.61. The molecule has 162 valence electrons. The van der Waals surface area contributed by atoms with Gasteiger partial charge < -0.3 is 10.2 Å². The summed E-state index contributed by atoms with van der Waals surface area (Å²) in [6.45, 7) is 6.00. The Kier molecular flexibility index (Phi) is 6.40. The topological polar surface area (TPSA) is 74.3 Å². The molecule has 3 rings (SSSR count). The zero-order valence-corrected chi connectivity index (χ0v) is 18.7. The molecule has 0 aliphatic carbocycles. The molecule has 2 heterocycles. The van der Waals surface area contributed by atoms with Crippen molar-refractivity contribution >= 4 is 21.8 Å². The second-order valence-electron chi connectivity index (χ2n) is 7.59. The monoisotopic (exact) mass is 454 g/mol. The van der Waals surface area contributed by atoms with Gasteiger partial charge in [-0.05, 0) is 42.7 Å². The molecule has 2 N–H and O–H groups in total. The van der Waals surface area contributed by atoms with Crippen molar-refractivity contribution < 1.29 is 17.2 Å². The molecule has 0 amide bonds. The van der Waals surface area contributed by atoms with Crippen LogP contribution in [0.15, 0.2) is 58.3 Å². The Morgan fingerprint density at radius 2 is 1.80 bits per heavy atom. The largest absolute Gasteiger partial charge is 0.351 e. The Morgan fingerprint density at radius 1 is 1.20 bits per heavy atom. The predicted octanol–water partition coefficient (Wildman–Crippen LogP) is 3.61. The van der Waals surface area contributed by atoms with Gasteiger partial charge in [-0.1, -0.05) is 25.6 Å². The maximum Gasteiger partial charge on any atom is 0.212 e. The molecule has 1 aromatic carbocycles. The van der Waals surface area contributed by atoms with Gasteiger partial charge in [0.25, 0.3) is 0 Å². The Morgan fingerprint density at radius 3 is 2.33 bits per heavy atom. The maximum absolute atomic E-state index is 13.8. The first kappa shape index (κ1) is 22.5. The van der Waals surface area contributed by atoms with Crippen molar-refractivity contribution in [2.75, 3.05) is 6.26 Å². The average molecular weight is 455 g/mol. The summed E-state index contributed by atoms with van der Waals surface area (Å²) in [7, 11) is -3.57. The van der Waals surface area contributed by atoms with Crippen LogP contribution in [0.2, 0.25) is 0 Å². The summed E-state index contributed by atoms with van der Waals surface area (Å²) in [5.74, 6) is -2.50. The fourth-order valence-electron chi connectivity index (χ4n) is 3.27. The fourth-order valence-corrected chi connectivity index (χ4v) is 5.48. The number of hydrogen-bond acceptors (Lipinski definition) is 6. The van der Waals surface area contributed by atoms with Crippen LogP contribution in [0.3, 0.4) is 0 Å².